The third kappa shape index (κ3) is 3.91. The van der Waals surface area contributed by atoms with Gasteiger partial charge in [0.15, 0.2) is 0 Å². The number of benzene rings is 1. The molecule has 0 aliphatic carbocycles. The van der Waals surface area contributed by atoms with Crippen molar-refractivity contribution in [2.75, 3.05) is 32.1 Å². The summed E-state index contributed by atoms with van der Waals surface area (Å²) in [5.41, 5.74) is 0.999. The van der Waals surface area contributed by atoms with E-state index in [1.165, 1.54) is 11.9 Å². The van der Waals surface area contributed by atoms with Crippen LogP contribution in [0.1, 0.15) is 22.3 Å². The van der Waals surface area contributed by atoms with E-state index in [2.05, 4.69) is 25.5 Å². The lowest BCUT2D eigenvalue weighted by Crippen LogP contribution is -2.44. The van der Waals surface area contributed by atoms with Gasteiger partial charge in [0.2, 0.25) is 5.82 Å². The molecule has 3 rings (SSSR count). The minimum atomic E-state index is -0.426. The SMILES string of the molecule is COC(=O)c1ccc(NC(=O)N2CCOC(c3nnn(C)n3)C2)cc1. The standard InChI is InChI=1S/C15H18N6O4/c1-20-18-13(17-19-20)12-9-21(7-8-25-12)15(23)16-11-5-3-10(4-6-11)14(22)24-2/h3-6,12H,7-9H2,1-2H3,(H,16,23). The number of rotatable bonds is 3. The molecule has 10 heteroatoms. The molecule has 2 heterocycles. The van der Waals surface area contributed by atoms with E-state index in [0.717, 1.165) is 0 Å². The number of morpholine rings is 1. The summed E-state index contributed by atoms with van der Waals surface area (Å²) in [5, 5.41) is 14.6. The van der Waals surface area contributed by atoms with E-state index in [-0.39, 0.29) is 6.03 Å². The summed E-state index contributed by atoms with van der Waals surface area (Å²) in [6.45, 7) is 1.18. The molecule has 1 aromatic heterocycles. The average molecular weight is 346 g/mol. The van der Waals surface area contributed by atoms with Crippen LogP contribution in [0.15, 0.2) is 24.3 Å². The van der Waals surface area contributed by atoms with Crippen molar-refractivity contribution in [2.24, 2.45) is 7.05 Å². The van der Waals surface area contributed by atoms with Crippen LogP contribution in [0.25, 0.3) is 0 Å². The second-order valence-electron chi connectivity index (χ2n) is 5.44. The van der Waals surface area contributed by atoms with Crippen LogP contribution in [0.2, 0.25) is 0 Å². The molecule has 1 N–H and O–H groups in total. The number of ether oxygens (including phenoxy) is 2. The lowest BCUT2D eigenvalue weighted by Gasteiger charge is -2.31. The molecule has 1 aliphatic heterocycles. The van der Waals surface area contributed by atoms with Crippen LogP contribution in [-0.2, 0) is 16.5 Å². The summed E-state index contributed by atoms with van der Waals surface area (Å²) in [6, 6.07) is 6.21. The highest BCUT2D eigenvalue weighted by molar-refractivity contribution is 5.92. The fraction of sp³-hybridized carbons (Fsp3) is 0.400. The Morgan fingerprint density at radius 1 is 1.32 bits per heavy atom. The van der Waals surface area contributed by atoms with Gasteiger partial charge in [-0.05, 0) is 29.5 Å². The van der Waals surface area contributed by atoms with E-state index >= 15 is 0 Å². The smallest absolute Gasteiger partial charge is 0.337 e. The Labute approximate surface area is 143 Å². The number of anilines is 1. The molecular weight excluding hydrogens is 328 g/mol. The molecule has 132 valence electrons. The number of hydrogen-bond donors (Lipinski definition) is 1. The highest BCUT2D eigenvalue weighted by Crippen LogP contribution is 2.19. The highest BCUT2D eigenvalue weighted by Gasteiger charge is 2.28. The molecule has 1 aromatic carbocycles. The van der Waals surface area contributed by atoms with Crippen LogP contribution >= 0.6 is 0 Å². The number of nitrogens with one attached hydrogen (secondary N) is 1. The van der Waals surface area contributed by atoms with Crippen molar-refractivity contribution in [2.45, 2.75) is 6.10 Å². The largest absolute Gasteiger partial charge is 0.465 e. The average Bonchev–Trinajstić information content (AvgIpc) is 3.08. The minimum absolute atomic E-state index is 0.261. The van der Waals surface area contributed by atoms with Crippen molar-refractivity contribution in [3.63, 3.8) is 0 Å². The van der Waals surface area contributed by atoms with Gasteiger partial charge in [-0.1, -0.05) is 0 Å². The van der Waals surface area contributed by atoms with Gasteiger partial charge in [0.05, 0.1) is 32.9 Å². The van der Waals surface area contributed by atoms with Crippen molar-refractivity contribution < 1.29 is 19.1 Å². The molecule has 2 aromatic rings. The molecule has 0 spiro atoms. The first kappa shape index (κ1) is 16.8. The summed E-state index contributed by atoms with van der Waals surface area (Å²) in [5.74, 6) is 0.0211. The predicted octanol–water partition coefficient (Wildman–Crippen LogP) is 0.602. The van der Waals surface area contributed by atoms with Crippen LogP contribution in [-0.4, -0.2) is 63.9 Å². The molecule has 10 nitrogen and oxygen atoms in total. The Morgan fingerprint density at radius 2 is 2.08 bits per heavy atom. The number of aromatic nitrogens is 4. The van der Waals surface area contributed by atoms with Gasteiger partial charge in [0.1, 0.15) is 6.10 Å². The Morgan fingerprint density at radius 3 is 2.72 bits per heavy atom. The van der Waals surface area contributed by atoms with E-state index in [0.29, 0.717) is 36.8 Å². The number of methoxy groups -OCH3 is 1. The van der Waals surface area contributed by atoms with Crippen LogP contribution < -0.4 is 5.32 Å². The molecule has 25 heavy (non-hydrogen) atoms. The van der Waals surface area contributed by atoms with Crippen molar-refractivity contribution in [3.05, 3.63) is 35.7 Å². The van der Waals surface area contributed by atoms with E-state index in [9.17, 15) is 9.59 Å². The molecule has 1 fully saturated rings. The zero-order chi connectivity index (χ0) is 17.8. The minimum Gasteiger partial charge on any atom is -0.465 e. The first-order valence-corrected chi connectivity index (χ1v) is 7.66. The molecular formula is C15H18N6O4. The van der Waals surface area contributed by atoms with Crippen molar-refractivity contribution >= 4 is 17.7 Å². The fourth-order valence-electron chi connectivity index (χ4n) is 2.43. The van der Waals surface area contributed by atoms with E-state index in [1.807, 2.05) is 0 Å². The quantitative estimate of drug-likeness (QED) is 0.810. The van der Waals surface area contributed by atoms with Gasteiger partial charge >= 0.3 is 12.0 Å². The summed E-state index contributed by atoms with van der Waals surface area (Å²) >= 11 is 0. The number of carbonyl (C=O) groups is 2. The van der Waals surface area contributed by atoms with Crippen molar-refractivity contribution in [1.82, 2.24) is 25.1 Å². The first-order valence-electron chi connectivity index (χ1n) is 7.66. The lowest BCUT2D eigenvalue weighted by atomic mass is 10.2. The molecule has 1 aliphatic rings. The van der Waals surface area contributed by atoms with Gasteiger partial charge in [-0.3, -0.25) is 0 Å². The monoisotopic (exact) mass is 346 g/mol. The zero-order valence-corrected chi connectivity index (χ0v) is 13.9. The number of tetrazole rings is 1. The molecule has 0 bridgehead atoms. The van der Waals surface area contributed by atoms with Crippen LogP contribution in [0.4, 0.5) is 10.5 Å². The number of amides is 2. The van der Waals surface area contributed by atoms with E-state index in [1.54, 1.807) is 36.2 Å². The highest BCUT2D eigenvalue weighted by atomic mass is 16.5. The Hall–Kier alpha value is -3.01. The van der Waals surface area contributed by atoms with Gasteiger partial charge < -0.3 is 19.7 Å². The van der Waals surface area contributed by atoms with Crippen molar-refractivity contribution in [3.8, 4) is 0 Å². The summed E-state index contributed by atoms with van der Waals surface area (Å²) < 4.78 is 10.3. The number of hydrogen-bond acceptors (Lipinski definition) is 7. The van der Waals surface area contributed by atoms with Crippen LogP contribution in [0, 0.1) is 0 Å². The van der Waals surface area contributed by atoms with Gasteiger partial charge in [0, 0.05) is 12.2 Å². The number of aryl methyl sites for hydroxylation is 1. The third-order valence-corrected chi connectivity index (χ3v) is 3.72. The van der Waals surface area contributed by atoms with E-state index < -0.39 is 12.1 Å². The summed E-state index contributed by atoms with van der Waals surface area (Å²) in [6.07, 6.45) is -0.407. The third-order valence-electron chi connectivity index (χ3n) is 3.72. The maximum Gasteiger partial charge on any atom is 0.337 e. The lowest BCUT2D eigenvalue weighted by molar-refractivity contribution is -0.0182. The predicted molar refractivity (Wildman–Crippen MR) is 85.9 cm³/mol. The zero-order valence-electron chi connectivity index (χ0n) is 13.9. The fourth-order valence-corrected chi connectivity index (χ4v) is 2.43. The van der Waals surface area contributed by atoms with Gasteiger partial charge in [-0.2, -0.15) is 4.80 Å². The Bertz CT molecular complexity index is 760. The van der Waals surface area contributed by atoms with Gasteiger partial charge in [-0.15, -0.1) is 10.2 Å². The van der Waals surface area contributed by atoms with E-state index in [4.69, 9.17) is 4.74 Å². The van der Waals surface area contributed by atoms with Gasteiger partial charge in [-0.25, -0.2) is 9.59 Å². The maximum absolute atomic E-state index is 12.4. The van der Waals surface area contributed by atoms with Crippen LogP contribution in [0.5, 0.6) is 0 Å². The summed E-state index contributed by atoms with van der Waals surface area (Å²) in [7, 11) is 2.99. The number of carbonyl (C=O) groups excluding carboxylic acids is 2. The topological polar surface area (TPSA) is 111 Å². The van der Waals surface area contributed by atoms with Crippen molar-refractivity contribution in [1.29, 1.82) is 0 Å². The molecule has 1 unspecified atom stereocenters. The normalized spacial score (nSPS) is 17.2. The molecule has 0 radical (unpaired) electrons. The number of esters is 1. The molecule has 0 saturated carbocycles. The Kier molecular flexibility index (Phi) is 4.89. The van der Waals surface area contributed by atoms with Crippen LogP contribution in [0.3, 0.4) is 0 Å². The molecule has 1 saturated heterocycles. The second-order valence-corrected chi connectivity index (χ2v) is 5.44. The molecule has 1 atom stereocenters. The number of urea groups is 1. The van der Waals surface area contributed by atoms with Gasteiger partial charge in [0.25, 0.3) is 0 Å². The Balaban J connectivity index is 1.61. The second kappa shape index (κ2) is 7.26. The molecule has 2 amide bonds. The summed E-state index contributed by atoms with van der Waals surface area (Å²) in [4.78, 5) is 26.8. The maximum atomic E-state index is 12.4. The number of nitrogens with zero attached hydrogens (tertiary/aromatic N) is 5. The first-order chi connectivity index (χ1) is 12.1.